The normalized spacial score (nSPS) is 14.5. The molecule has 6 heteroatoms. The monoisotopic (exact) mass is 316 g/mol. The highest BCUT2D eigenvalue weighted by Crippen LogP contribution is 2.39. The minimum atomic E-state index is 0.907. The smallest absolute Gasteiger partial charge is 0.128 e. The first-order chi connectivity index (χ1) is 10.3. The maximum absolute atomic E-state index is 4.54. The molecule has 0 unspecified atom stereocenters. The van der Waals surface area contributed by atoms with E-state index in [1.165, 1.54) is 47.1 Å². The van der Waals surface area contributed by atoms with Crippen LogP contribution < -0.4 is 0 Å². The van der Waals surface area contributed by atoms with Crippen LogP contribution in [0.4, 0.5) is 0 Å². The summed E-state index contributed by atoms with van der Waals surface area (Å²) in [6, 6.07) is 0. The van der Waals surface area contributed by atoms with Gasteiger partial charge in [-0.1, -0.05) is 0 Å². The number of rotatable bonds is 3. The molecule has 3 heterocycles. The van der Waals surface area contributed by atoms with Crippen LogP contribution in [-0.2, 0) is 25.6 Å². The van der Waals surface area contributed by atoms with Crippen molar-refractivity contribution in [1.29, 1.82) is 0 Å². The molecule has 0 amide bonds. The molecule has 0 saturated carbocycles. The van der Waals surface area contributed by atoms with Gasteiger partial charge in [0.25, 0.3) is 0 Å². The number of hydrogen-bond donors (Lipinski definition) is 0. The Hall–Kier alpha value is -1.40. The fourth-order valence-electron chi connectivity index (χ4n) is 2.87. The second kappa shape index (κ2) is 5.42. The Balaban J connectivity index is 1.69. The molecule has 0 radical (unpaired) electrons. The van der Waals surface area contributed by atoms with Crippen LogP contribution in [0.2, 0.25) is 0 Å². The van der Waals surface area contributed by atoms with Gasteiger partial charge in [-0.25, -0.2) is 9.97 Å². The topological polar surface area (TPSA) is 43.6 Å². The molecule has 3 aromatic rings. The van der Waals surface area contributed by atoms with Crippen LogP contribution in [0, 0.1) is 0 Å². The van der Waals surface area contributed by atoms with Crippen molar-refractivity contribution >= 4 is 33.3 Å². The molecule has 0 spiro atoms. The number of thioether (sulfide) groups is 1. The summed E-state index contributed by atoms with van der Waals surface area (Å²) in [5.41, 5.74) is 2.74. The molecule has 4 rings (SSSR count). The van der Waals surface area contributed by atoms with Gasteiger partial charge in [0.15, 0.2) is 0 Å². The third kappa shape index (κ3) is 2.46. The Morgan fingerprint density at radius 3 is 3.05 bits per heavy atom. The van der Waals surface area contributed by atoms with Crippen LogP contribution in [0.1, 0.15) is 28.8 Å². The highest BCUT2D eigenvalue weighted by Gasteiger charge is 2.19. The maximum Gasteiger partial charge on any atom is 0.128 e. The van der Waals surface area contributed by atoms with E-state index in [0.717, 1.165) is 15.6 Å². The van der Waals surface area contributed by atoms with Crippen molar-refractivity contribution in [3.05, 3.63) is 34.7 Å². The Labute approximate surface area is 131 Å². The summed E-state index contributed by atoms with van der Waals surface area (Å²) in [5.74, 6) is 0.907. The molecular weight excluding hydrogens is 300 g/mol. The molecule has 0 N–H and O–H groups in total. The third-order valence-corrected chi connectivity index (χ3v) is 6.11. The minimum absolute atomic E-state index is 0.907. The number of aromatic nitrogens is 4. The van der Waals surface area contributed by atoms with Crippen LogP contribution in [-0.4, -0.2) is 19.7 Å². The van der Waals surface area contributed by atoms with Crippen molar-refractivity contribution in [3.8, 4) is 0 Å². The molecule has 0 fully saturated rings. The van der Waals surface area contributed by atoms with E-state index in [0.29, 0.717) is 0 Å². The van der Waals surface area contributed by atoms with E-state index in [4.69, 9.17) is 0 Å². The highest BCUT2D eigenvalue weighted by atomic mass is 32.2. The highest BCUT2D eigenvalue weighted by molar-refractivity contribution is 7.98. The van der Waals surface area contributed by atoms with Gasteiger partial charge >= 0.3 is 0 Å². The van der Waals surface area contributed by atoms with Gasteiger partial charge in [0, 0.05) is 34.8 Å². The summed E-state index contributed by atoms with van der Waals surface area (Å²) in [6.07, 6.45) is 10.7. The Bertz CT molecular complexity index is 790. The molecule has 1 aliphatic carbocycles. The number of thiophene rings is 1. The van der Waals surface area contributed by atoms with Crippen LogP contribution in [0.25, 0.3) is 10.2 Å². The van der Waals surface area contributed by atoms with Gasteiger partial charge < -0.3 is 0 Å². The summed E-state index contributed by atoms with van der Waals surface area (Å²) in [7, 11) is 1.95. The van der Waals surface area contributed by atoms with E-state index in [1.54, 1.807) is 18.1 Å². The van der Waals surface area contributed by atoms with E-state index in [9.17, 15) is 0 Å². The fourth-order valence-corrected chi connectivity index (χ4v) is 5.10. The summed E-state index contributed by atoms with van der Waals surface area (Å²) >= 11 is 3.65. The van der Waals surface area contributed by atoms with Crippen LogP contribution in [0.3, 0.4) is 0 Å². The van der Waals surface area contributed by atoms with Crippen molar-refractivity contribution in [3.63, 3.8) is 0 Å². The Morgan fingerprint density at radius 2 is 2.19 bits per heavy atom. The van der Waals surface area contributed by atoms with Crippen molar-refractivity contribution in [2.24, 2.45) is 7.05 Å². The standard InChI is InChI=1S/C15H16N4S2/c1-19-7-10(6-18-19)8-20-14-13-11-4-2-3-5-12(11)21-15(13)17-9-16-14/h6-7,9H,2-5,8H2,1H3. The average Bonchev–Trinajstić information content (AvgIpc) is 3.08. The van der Waals surface area contributed by atoms with Gasteiger partial charge in [-0.15, -0.1) is 23.1 Å². The van der Waals surface area contributed by atoms with E-state index in [1.807, 2.05) is 29.3 Å². The molecule has 108 valence electrons. The summed E-state index contributed by atoms with van der Waals surface area (Å²) < 4.78 is 1.85. The molecule has 0 aliphatic heterocycles. The summed E-state index contributed by atoms with van der Waals surface area (Å²) in [5, 5.41) is 6.66. The van der Waals surface area contributed by atoms with E-state index < -0.39 is 0 Å². The van der Waals surface area contributed by atoms with Gasteiger partial charge in [-0.05, 0) is 31.2 Å². The first kappa shape index (κ1) is 13.3. The SMILES string of the molecule is Cn1cc(CSc2ncnc3sc4c(c23)CCCC4)cn1. The molecule has 0 saturated heterocycles. The van der Waals surface area contributed by atoms with Gasteiger partial charge in [0.2, 0.25) is 0 Å². The van der Waals surface area contributed by atoms with Gasteiger partial charge in [-0.3, -0.25) is 4.68 Å². The molecule has 0 aromatic carbocycles. The Morgan fingerprint density at radius 1 is 1.29 bits per heavy atom. The zero-order valence-electron chi connectivity index (χ0n) is 11.9. The molecule has 4 nitrogen and oxygen atoms in total. The summed E-state index contributed by atoms with van der Waals surface area (Å²) in [4.78, 5) is 11.7. The van der Waals surface area contributed by atoms with Gasteiger partial charge in [0.1, 0.15) is 16.2 Å². The fraction of sp³-hybridized carbons (Fsp3) is 0.400. The molecule has 3 aromatic heterocycles. The largest absolute Gasteiger partial charge is 0.276 e. The first-order valence-electron chi connectivity index (χ1n) is 7.17. The number of fused-ring (bicyclic) bond motifs is 3. The van der Waals surface area contributed by atoms with Gasteiger partial charge in [0.05, 0.1) is 6.20 Å². The van der Waals surface area contributed by atoms with Crippen molar-refractivity contribution < 1.29 is 0 Å². The lowest BCUT2D eigenvalue weighted by atomic mass is 9.97. The number of nitrogens with zero attached hydrogens (tertiary/aromatic N) is 4. The maximum atomic E-state index is 4.54. The average molecular weight is 316 g/mol. The predicted molar refractivity (Wildman–Crippen MR) is 86.8 cm³/mol. The molecule has 21 heavy (non-hydrogen) atoms. The minimum Gasteiger partial charge on any atom is -0.276 e. The first-order valence-corrected chi connectivity index (χ1v) is 8.97. The second-order valence-corrected chi connectivity index (χ2v) is 7.43. The van der Waals surface area contributed by atoms with Crippen molar-refractivity contribution in [2.45, 2.75) is 36.5 Å². The second-order valence-electron chi connectivity index (χ2n) is 5.38. The van der Waals surface area contributed by atoms with Crippen LogP contribution in [0.15, 0.2) is 23.7 Å². The molecule has 0 atom stereocenters. The quantitative estimate of drug-likeness (QED) is 0.547. The number of aryl methyl sites for hydroxylation is 3. The lowest BCUT2D eigenvalue weighted by Gasteiger charge is -2.11. The number of hydrogen-bond acceptors (Lipinski definition) is 5. The molecule has 1 aliphatic rings. The predicted octanol–water partition coefficient (Wildman–Crippen LogP) is 3.60. The molecule has 0 bridgehead atoms. The molecular formula is C15H16N4S2. The van der Waals surface area contributed by atoms with E-state index in [-0.39, 0.29) is 0 Å². The summed E-state index contributed by atoms with van der Waals surface area (Å²) in [6.45, 7) is 0. The lowest BCUT2D eigenvalue weighted by molar-refractivity contribution is 0.699. The van der Waals surface area contributed by atoms with Crippen LogP contribution >= 0.6 is 23.1 Å². The Kier molecular flexibility index (Phi) is 3.43. The van der Waals surface area contributed by atoms with Crippen molar-refractivity contribution in [2.75, 3.05) is 0 Å². The van der Waals surface area contributed by atoms with Crippen molar-refractivity contribution in [1.82, 2.24) is 19.7 Å². The lowest BCUT2D eigenvalue weighted by Crippen LogP contribution is -1.99. The van der Waals surface area contributed by atoms with Gasteiger partial charge in [-0.2, -0.15) is 5.10 Å². The third-order valence-electron chi connectivity index (χ3n) is 3.85. The zero-order valence-corrected chi connectivity index (χ0v) is 13.5. The van der Waals surface area contributed by atoms with E-state index >= 15 is 0 Å². The van der Waals surface area contributed by atoms with Crippen LogP contribution in [0.5, 0.6) is 0 Å². The van der Waals surface area contributed by atoms with E-state index in [2.05, 4.69) is 21.3 Å². The zero-order chi connectivity index (χ0) is 14.2.